The minimum atomic E-state index is 0.333. The van der Waals surface area contributed by atoms with Crippen LogP contribution in [-0.4, -0.2) is 53.0 Å². The molecule has 2 aliphatic heterocycles. The summed E-state index contributed by atoms with van der Waals surface area (Å²) in [5, 5.41) is 8.87. The minimum absolute atomic E-state index is 0.333. The van der Waals surface area contributed by atoms with E-state index in [9.17, 15) is 0 Å². The lowest BCUT2D eigenvalue weighted by atomic mass is 10.1. The van der Waals surface area contributed by atoms with Crippen molar-refractivity contribution in [1.29, 1.82) is 0 Å². The number of benzene rings is 2. The Bertz CT molecular complexity index is 915. The molecule has 0 atom stereocenters. The summed E-state index contributed by atoms with van der Waals surface area (Å²) >= 11 is 0. The quantitative estimate of drug-likeness (QED) is 0.784. The van der Waals surface area contributed by atoms with Gasteiger partial charge in [-0.2, -0.15) is 5.10 Å². The monoisotopic (exact) mass is 350 g/mol. The van der Waals surface area contributed by atoms with Gasteiger partial charge in [0, 0.05) is 44.7 Å². The molecule has 1 fully saturated rings. The van der Waals surface area contributed by atoms with Gasteiger partial charge in [-0.1, -0.05) is 24.3 Å². The second-order valence-electron chi connectivity index (χ2n) is 6.96. The molecule has 3 aromatic rings. The van der Waals surface area contributed by atoms with Crippen molar-refractivity contribution in [3.8, 4) is 11.5 Å². The molecule has 134 valence electrons. The number of hydrogen-bond donors (Lipinski definition) is 1. The molecule has 0 saturated carbocycles. The van der Waals surface area contributed by atoms with E-state index in [2.05, 4.69) is 50.3 Å². The van der Waals surface area contributed by atoms with Gasteiger partial charge >= 0.3 is 0 Å². The molecule has 0 unspecified atom stereocenters. The Morgan fingerprint density at radius 1 is 0.885 bits per heavy atom. The van der Waals surface area contributed by atoms with Crippen LogP contribution in [0.5, 0.6) is 11.5 Å². The van der Waals surface area contributed by atoms with Gasteiger partial charge in [0.05, 0.1) is 11.2 Å². The Kier molecular flexibility index (Phi) is 3.99. The van der Waals surface area contributed by atoms with Crippen LogP contribution in [0.15, 0.2) is 42.5 Å². The van der Waals surface area contributed by atoms with Crippen LogP contribution in [0.4, 0.5) is 0 Å². The van der Waals surface area contributed by atoms with E-state index < -0.39 is 0 Å². The molecule has 2 aliphatic rings. The SMILES string of the molecule is c1ccc2c(CN3CCN(Cc4ccc5c(c4)OCO5)CC3)n[nH]c2c1. The third-order valence-electron chi connectivity index (χ3n) is 5.23. The topological polar surface area (TPSA) is 53.6 Å². The maximum atomic E-state index is 5.48. The molecule has 3 heterocycles. The highest BCUT2D eigenvalue weighted by Gasteiger charge is 2.20. The molecule has 6 heteroatoms. The Labute approximate surface area is 152 Å². The van der Waals surface area contributed by atoms with Gasteiger partial charge in [0.15, 0.2) is 11.5 Å². The van der Waals surface area contributed by atoms with Crippen molar-refractivity contribution in [2.24, 2.45) is 0 Å². The van der Waals surface area contributed by atoms with Crippen molar-refractivity contribution in [2.45, 2.75) is 13.1 Å². The van der Waals surface area contributed by atoms with E-state index in [1.165, 1.54) is 10.9 Å². The molecule has 5 rings (SSSR count). The van der Waals surface area contributed by atoms with E-state index in [1.807, 2.05) is 12.1 Å². The summed E-state index contributed by atoms with van der Waals surface area (Å²) in [4.78, 5) is 4.98. The predicted octanol–water partition coefficient (Wildman–Crippen LogP) is 2.61. The zero-order valence-corrected chi connectivity index (χ0v) is 14.6. The van der Waals surface area contributed by atoms with Crippen LogP contribution in [-0.2, 0) is 13.1 Å². The lowest BCUT2D eigenvalue weighted by Gasteiger charge is -2.34. The smallest absolute Gasteiger partial charge is 0.231 e. The van der Waals surface area contributed by atoms with Gasteiger partial charge < -0.3 is 9.47 Å². The summed E-state index contributed by atoms with van der Waals surface area (Å²) in [6, 6.07) is 14.6. The van der Waals surface area contributed by atoms with E-state index in [0.717, 1.165) is 62.0 Å². The summed E-state index contributed by atoms with van der Waals surface area (Å²) in [6.45, 7) is 6.45. The van der Waals surface area contributed by atoms with Crippen molar-refractivity contribution in [1.82, 2.24) is 20.0 Å². The van der Waals surface area contributed by atoms with Gasteiger partial charge in [-0.05, 0) is 23.8 Å². The lowest BCUT2D eigenvalue weighted by Crippen LogP contribution is -2.45. The fourth-order valence-electron chi connectivity index (χ4n) is 3.76. The van der Waals surface area contributed by atoms with Crippen LogP contribution in [0.25, 0.3) is 10.9 Å². The molecule has 6 nitrogen and oxygen atoms in total. The molecule has 0 aliphatic carbocycles. The first-order valence-electron chi connectivity index (χ1n) is 9.10. The zero-order valence-electron chi connectivity index (χ0n) is 14.6. The number of ether oxygens (including phenoxy) is 2. The number of rotatable bonds is 4. The van der Waals surface area contributed by atoms with Crippen molar-refractivity contribution >= 4 is 10.9 Å². The summed E-state index contributed by atoms with van der Waals surface area (Å²) in [6.07, 6.45) is 0. The van der Waals surface area contributed by atoms with E-state index in [-0.39, 0.29) is 0 Å². The Morgan fingerprint density at radius 3 is 2.54 bits per heavy atom. The minimum Gasteiger partial charge on any atom is -0.454 e. The predicted molar refractivity (Wildman–Crippen MR) is 99.2 cm³/mol. The van der Waals surface area contributed by atoms with Crippen LogP contribution < -0.4 is 9.47 Å². The van der Waals surface area contributed by atoms with Crippen LogP contribution in [0.2, 0.25) is 0 Å². The molecule has 1 N–H and O–H groups in total. The highest BCUT2D eigenvalue weighted by Crippen LogP contribution is 2.32. The van der Waals surface area contributed by atoms with Gasteiger partial charge in [0.1, 0.15) is 0 Å². The van der Waals surface area contributed by atoms with E-state index in [4.69, 9.17) is 9.47 Å². The number of hydrogen-bond acceptors (Lipinski definition) is 5. The number of nitrogens with zero attached hydrogens (tertiary/aromatic N) is 3. The first kappa shape index (κ1) is 15.7. The van der Waals surface area contributed by atoms with Crippen molar-refractivity contribution in [3.05, 3.63) is 53.7 Å². The standard InChI is InChI=1S/C20H22N4O2/c1-2-4-17-16(3-1)18(22-21-17)13-24-9-7-23(8-10-24)12-15-5-6-19-20(11-15)26-14-25-19/h1-6,11H,7-10,12-14H2,(H,21,22). The summed E-state index contributed by atoms with van der Waals surface area (Å²) in [5.74, 6) is 1.72. The fourth-order valence-corrected chi connectivity index (χ4v) is 3.76. The van der Waals surface area contributed by atoms with Gasteiger partial charge in [0.2, 0.25) is 6.79 Å². The number of para-hydroxylation sites is 1. The molecule has 1 saturated heterocycles. The first-order chi connectivity index (χ1) is 12.8. The molecular weight excluding hydrogens is 328 g/mol. The Balaban J connectivity index is 1.18. The summed E-state index contributed by atoms with van der Waals surface area (Å²) in [7, 11) is 0. The van der Waals surface area contributed by atoms with Crippen LogP contribution in [0.3, 0.4) is 0 Å². The first-order valence-corrected chi connectivity index (χ1v) is 9.10. The molecule has 0 amide bonds. The third-order valence-corrected chi connectivity index (χ3v) is 5.23. The molecule has 0 radical (unpaired) electrons. The highest BCUT2D eigenvalue weighted by atomic mass is 16.7. The Morgan fingerprint density at radius 2 is 1.65 bits per heavy atom. The van der Waals surface area contributed by atoms with Crippen LogP contribution in [0, 0.1) is 0 Å². The number of H-pyrrole nitrogens is 1. The lowest BCUT2D eigenvalue weighted by molar-refractivity contribution is 0.121. The molecular formula is C20H22N4O2. The fraction of sp³-hybridized carbons (Fsp3) is 0.350. The maximum absolute atomic E-state index is 5.48. The normalized spacial score (nSPS) is 17.8. The average Bonchev–Trinajstić information content (AvgIpc) is 3.30. The molecule has 2 aromatic carbocycles. The number of aromatic amines is 1. The van der Waals surface area contributed by atoms with E-state index in [0.29, 0.717) is 6.79 Å². The van der Waals surface area contributed by atoms with Gasteiger partial charge in [-0.25, -0.2) is 0 Å². The second kappa shape index (κ2) is 6.63. The number of aromatic nitrogens is 2. The molecule has 0 bridgehead atoms. The largest absolute Gasteiger partial charge is 0.454 e. The van der Waals surface area contributed by atoms with Crippen LogP contribution in [0.1, 0.15) is 11.3 Å². The number of piperazine rings is 1. The summed E-state index contributed by atoms with van der Waals surface area (Å²) in [5.41, 5.74) is 3.54. The van der Waals surface area contributed by atoms with E-state index >= 15 is 0 Å². The molecule has 26 heavy (non-hydrogen) atoms. The summed E-state index contributed by atoms with van der Waals surface area (Å²) < 4.78 is 10.9. The van der Waals surface area contributed by atoms with Gasteiger partial charge in [-0.3, -0.25) is 14.9 Å². The number of fused-ring (bicyclic) bond motifs is 2. The zero-order chi connectivity index (χ0) is 17.3. The van der Waals surface area contributed by atoms with Crippen molar-refractivity contribution < 1.29 is 9.47 Å². The number of nitrogens with one attached hydrogen (secondary N) is 1. The third kappa shape index (κ3) is 3.02. The molecule has 0 spiro atoms. The maximum Gasteiger partial charge on any atom is 0.231 e. The highest BCUT2D eigenvalue weighted by molar-refractivity contribution is 5.81. The molecule has 1 aromatic heterocycles. The van der Waals surface area contributed by atoms with E-state index in [1.54, 1.807) is 0 Å². The second-order valence-corrected chi connectivity index (χ2v) is 6.96. The van der Waals surface area contributed by atoms with Crippen LogP contribution >= 0.6 is 0 Å². The van der Waals surface area contributed by atoms with Gasteiger partial charge in [-0.15, -0.1) is 0 Å². The van der Waals surface area contributed by atoms with Crippen molar-refractivity contribution in [2.75, 3.05) is 33.0 Å². The Hall–Kier alpha value is -2.57. The average molecular weight is 350 g/mol. The van der Waals surface area contributed by atoms with Gasteiger partial charge in [0.25, 0.3) is 0 Å². The van der Waals surface area contributed by atoms with Crippen molar-refractivity contribution in [3.63, 3.8) is 0 Å².